The Morgan fingerprint density at radius 2 is 1.79 bits per heavy atom. The first-order valence-electron chi connectivity index (χ1n) is 7.82. The molecule has 0 saturated heterocycles. The quantitative estimate of drug-likeness (QED) is 0.900. The molecule has 0 amide bonds. The first kappa shape index (κ1) is 11.8. The van der Waals surface area contributed by atoms with Crippen molar-refractivity contribution in [2.75, 3.05) is 24.5 Å². The van der Waals surface area contributed by atoms with Crippen molar-refractivity contribution in [3.05, 3.63) is 29.8 Å². The van der Waals surface area contributed by atoms with Crippen LogP contribution in [0.5, 0.6) is 0 Å². The summed E-state index contributed by atoms with van der Waals surface area (Å²) < 4.78 is 0. The molecule has 1 spiro atoms. The summed E-state index contributed by atoms with van der Waals surface area (Å²) in [6.07, 6.45) is 8.24. The third-order valence-electron chi connectivity index (χ3n) is 5.79. The van der Waals surface area contributed by atoms with E-state index < -0.39 is 0 Å². The fourth-order valence-electron chi connectivity index (χ4n) is 4.36. The summed E-state index contributed by atoms with van der Waals surface area (Å²) in [6.45, 7) is 3.29. The number of anilines is 1. The van der Waals surface area contributed by atoms with Gasteiger partial charge in [0.25, 0.3) is 0 Å². The molecule has 2 saturated carbocycles. The molecule has 2 heteroatoms. The molecule has 1 aromatic rings. The Labute approximate surface area is 116 Å². The van der Waals surface area contributed by atoms with E-state index >= 15 is 0 Å². The maximum atomic E-state index is 5.99. The van der Waals surface area contributed by atoms with Gasteiger partial charge in [0.15, 0.2) is 0 Å². The summed E-state index contributed by atoms with van der Waals surface area (Å²) in [7, 11) is 0. The van der Waals surface area contributed by atoms with Gasteiger partial charge in [-0.3, -0.25) is 0 Å². The molecule has 4 rings (SSSR count). The van der Waals surface area contributed by atoms with Gasteiger partial charge >= 0.3 is 0 Å². The zero-order chi connectivity index (χ0) is 12.9. The minimum Gasteiger partial charge on any atom is -0.370 e. The number of nitrogens with two attached hydrogens (primary N) is 1. The minimum atomic E-state index is 0.442. The molecule has 19 heavy (non-hydrogen) atoms. The highest BCUT2D eigenvalue weighted by molar-refractivity contribution is 5.63. The molecule has 1 aromatic carbocycles. The Morgan fingerprint density at radius 1 is 1.05 bits per heavy atom. The molecule has 1 heterocycles. The molecule has 2 N–H and O–H groups in total. The van der Waals surface area contributed by atoms with Crippen molar-refractivity contribution in [1.29, 1.82) is 0 Å². The maximum Gasteiger partial charge on any atom is 0.0405 e. The second-order valence-electron chi connectivity index (χ2n) is 7.06. The van der Waals surface area contributed by atoms with Gasteiger partial charge in [-0.2, -0.15) is 0 Å². The van der Waals surface area contributed by atoms with E-state index in [0.717, 1.165) is 6.54 Å². The first-order valence-corrected chi connectivity index (χ1v) is 7.82. The highest BCUT2D eigenvalue weighted by Gasteiger charge is 2.48. The van der Waals surface area contributed by atoms with E-state index in [9.17, 15) is 0 Å². The van der Waals surface area contributed by atoms with Gasteiger partial charge in [0.2, 0.25) is 0 Å². The number of benzene rings is 1. The molecular formula is C17H24N2. The van der Waals surface area contributed by atoms with E-state index in [1.165, 1.54) is 57.3 Å². The van der Waals surface area contributed by atoms with Crippen LogP contribution in [0.1, 0.15) is 44.1 Å². The number of rotatable bonds is 3. The lowest BCUT2D eigenvalue weighted by molar-refractivity contribution is 0.439. The predicted octanol–water partition coefficient (Wildman–Crippen LogP) is 3.06. The number of fused-ring (bicyclic) bond motifs is 2. The van der Waals surface area contributed by atoms with E-state index in [-0.39, 0.29) is 0 Å². The molecule has 2 fully saturated rings. The Hall–Kier alpha value is -1.02. The summed E-state index contributed by atoms with van der Waals surface area (Å²) in [6, 6.07) is 9.12. The predicted molar refractivity (Wildman–Crippen MR) is 79.5 cm³/mol. The van der Waals surface area contributed by atoms with Crippen molar-refractivity contribution in [3.8, 4) is 0 Å². The SMILES string of the molecule is NCC1(CN2CC3(CCCC3)c3ccccc32)CC1. The van der Waals surface area contributed by atoms with Crippen molar-refractivity contribution in [2.45, 2.75) is 43.9 Å². The molecule has 0 unspecified atom stereocenters. The highest BCUT2D eigenvalue weighted by Crippen LogP contribution is 2.53. The van der Waals surface area contributed by atoms with Crippen LogP contribution >= 0.6 is 0 Å². The number of hydrogen-bond donors (Lipinski definition) is 1. The summed E-state index contributed by atoms with van der Waals surface area (Å²) in [5, 5.41) is 0. The second-order valence-corrected chi connectivity index (χ2v) is 7.06. The van der Waals surface area contributed by atoms with Gasteiger partial charge in [-0.1, -0.05) is 31.0 Å². The van der Waals surface area contributed by atoms with Crippen molar-refractivity contribution in [3.63, 3.8) is 0 Å². The lowest BCUT2D eigenvalue weighted by Gasteiger charge is -2.28. The normalized spacial score (nSPS) is 25.8. The second kappa shape index (κ2) is 3.99. The third kappa shape index (κ3) is 1.73. The summed E-state index contributed by atoms with van der Waals surface area (Å²) in [5.41, 5.74) is 10.0. The molecule has 0 radical (unpaired) electrons. The van der Waals surface area contributed by atoms with E-state index in [1.807, 2.05) is 0 Å². The summed E-state index contributed by atoms with van der Waals surface area (Å²) >= 11 is 0. The lowest BCUT2D eigenvalue weighted by atomic mass is 9.81. The standard InChI is InChI=1S/C17H24N2/c18-11-16(9-10-16)12-19-13-17(7-3-4-8-17)14-5-1-2-6-15(14)19/h1-2,5-6H,3-4,7-13,18H2. The molecule has 0 bridgehead atoms. The van der Waals surface area contributed by atoms with Crippen LogP contribution in [0, 0.1) is 5.41 Å². The molecule has 2 nitrogen and oxygen atoms in total. The van der Waals surface area contributed by atoms with Gasteiger partial charge < -0.3 is 10.6 Å². The largest absolute Gasteiger partial charge is 0.370 e. The fourth-order valence-corrected chi connectivity index (χ4v) is 4.36. The van der Waals surface area contributed by atoms with E-state index in [0.29, 0.717) is 10.8 Å². The Bertz CT molecular complexity index is 484. The van der Waals surface area contributed by atoms with Gasteiger partial charge in [0, 0.05) is 29.6 Å². The van der Waals surface area contributed by atoms with Crippen LogP contribution in [0.25, 0.3) is 0 Å². The first-order chi connectivity index (χ1) is 9.27. The van der Waals surface area contributed by atoms with Gasteiger partial charge in [0.05, 0.1) is 0 Å². The molecular weight excluding hydrogens is 232 g/mol. The Kier molecular flexibility index (Phi) is 2.47. The zero-order valence-electron chi connectivity index (χ0n) is 11.7. The lowest BCUT2D eigenvalue weighted by Crippen LogP contribution is -2.37. The smallest absolute Gasteiger partial charge is 0.0405 e. The van der Waals surface area contributed by atoms with Crippen LogP contribution in [-0.2, 0) is 5.41 Å². The number of hydrogen-bond acceptors (Lipinski definition) is 2. The Morgan fingerprint density at radius 3 is 2.47 bits per heavy atom. The summed E-state index contributed by atoms with van der Waals surface area (Å²) in [4.78, 5) is 2.65. The van der Waals surface area contributed by atoms with Crippen LogP contribution in [0.4, 0.5) is 5.69 Å². The molecule has 3 aliphatic rings. The van der Waals surface area contributed by atoms with Gasteiger partial charge in [0.1, 0.15) is 0 Å². The van der Waals surface area contributed by atoms with E-state index in [2.05, 4.69) is 29.2 Å². The fraction of sp³-hybridized carbons (Fsp3) is 0.647. The van der Waals surface area contributed by atoms with Crippen molar-refractivity contribution < 1.29 is 0 Å². The van der Waals surface area contributed by atoms with Crippen LogP contribution in [0.3, 0.4) is 0 Å². The van der Waals surface area contributed by atoms with Crippen LogP contribution in [0.15, 0.2) is 24.3 Å². The molecule has 0 aromatic heterocycles. The monoisotopic (exact) mass is 256 g/mol. The zero-order valence-corrected chi connectivity index (χ0v) is 11.7. The topological polar surface area (TPSA) is 29.3 Å². The van der Waals surface area contributed by atoms with E-state index in [4.69, 9.17) is 5.73 Å². The van der Waals surface area contributed by atoms with Gasteiger partial charge in [-0.15, -0.1) is 0 Å². The third-order valence-corrected chi connectivity index (χ3v) is 5.79. The average Bonchev–Trinajstić information content (AvgIpc) is 2.95. The molecule has 2 aliphatic carbocycles. The maximum absolute atomic E-state index is 5.99. The Balaban J connectivity index is 1.67. The van der Waals surface area contributed by atoms with Crippen molar-refractivity contribution in [1.82, 2.24) is 0 Å². The number of nitrogens with zero attached hydrogens (tertiary/aromatic N) is 1. The highest BCUT2D eigenvalue weighted by atomic mass is 15.2. The van der Waals surface area contributed by atoms with E-state index in [1.54, 1.807) is 5.56 Å². The van der Waals surface area contributed by atoms with Crippen LogP contribution in [0.2, 0.25) is 0 Å². The van der Waals surface area contributed by atoms with Gasteiger partial charge in [-0.05, 0) is 43.9 Å². The molecule has 1 aliphatic heterocycles. The van der Waals surface area contributed by atoms with Crippen molar-refractivity contribution in [2.24, 2.45) is 11.1 Å². The number of para-hydroxylation sites is 1. The van der Waals surface area contributed by atoms with Crippen LogP contribution in [-0.4, -0.2) is 19.6 Å². The van der Waals surface area contributed by atoms with Crippen LogP contribution < -0.4 is 10.6 Å². The summed E-state index contributed by atoms with van der Waals surface area (Å²) in [5.74, 6) is 0. The van der Waals surface area contributed by atoms with Gasteiger partial charge in [-0.25, -0.2) is 0 Å². The minimum absolute atomic E-state index is 0.442. The average molecular weight is 256 g/mol. The molecule has 0 atom stereocenters. The van der Waals surface area contributed by atoms with Crippen molar-refractivity contribution >= 4 is 5.69 Å². The molecule has 102 valence electrons.